The third kappa shape index (κ3) is 1.81. The molecule has 0 radical (unpaired) electrons. The third-order valence-electron chi connectivity index (χ3n) is 2.39. The minimum atomic E-state index is 0.466. The topological polar surface area (TPSA) is 80.1 Å². The number of rotatable bonds is 3. The molecule has 0 spiro atoms. The normalized spacial score (nSPS) is 9.76. The molecule has 0 saturated heterocycles. The maximum atomic E-state index is 8.54. The predicted molar refractivity (Wildman–Crippen MR) is 63.7 cm³/mol. The Morgan fingerprint density at radius 2 is 1.88 bits per heavy atom. The van der Waals surface area contributed by atoms with Crippen molar-refractivity contribution in [1.29, 1.82) is 0 Å². The number of hydrogen-bond acceptors (Lipinski definition) is 4. The van der Waals surface area contributed by atoms with Crippen LogP contribution in [0.5, 0.6) is 11.5 Å². The van der Waals surface area contributed by atoms with Crippen LogP contribution in [-0.2, 0) is 0 Å². The highest BCUT2D eigenvalue weighted by Gasteiger charge is 2.11. The van der Waals surface area contributed by atoms with E-state index in [2.05, 4.69) is 15.0 Å². The maximum absolute atomic E-state index is 8.54. The third-order valence-corrected chi connectivity index (χ3v) is 2.39. The van der Waals surface area contributed by atoms with Gasteiger partial charge in [0.25, 0.3) is 0 Å². The maximum Gasteiger partial charge on any atom is 0.145 e. The van der Waals surface area contributed by atoms with E-state index in [0.29, 0.717) is 28.1 Å². The van der Waals surface area contributed by atoms with Crippen molar-refractivity contribution >= 4 is 16.6 Å². The summed E-state index contributed by atoms with van der Waals surface area (Å²) >= 11 is 0. The highest BCUT2D eigenvalue weighted by molar-refractivity contribution is 5.98. The second kappa shape index (κ2) is 4.59. The van der Waals surface area contributed by atoms with Crippen molar-refractivity contribution in [3.63, 3.8) is 0 Å². The zero-order chi connectivity index (χ0) is 12.3. The summed E-state index contributed by atoms with van der Waals surface area (Å²) in [6, 6.07) is 5.14. The van der Waals surface area contributed by atoms with Crippen LogP contribution in [0.4, 0.5) is 5.69 Å². The number of benzene rings is 1. The lowest BCUT2D eigenvalue weighted by Gasteiger charge is -2.10. The zero-order valence-electron chi connectivity index (χ0n) is 9.41. The van der Waals surface area contributed by atoms with E-state index in [-0.39, 0.29) is 0 Å². The van der Waals surface area contributed by atoms with Gasteiger partial charge in [-0.15, -0.1) is 0 Å². The molecule has 1 heterocycles. The SMILES string of the molecule is COc1ccc(OC)c2c(N=[N+]=[N-])ccnc12. The Kier molecular flexibility index (Phi) is 2.98. The molecule has 0 saturated carbocycles. The first-order valence-electron chi connectivity index (χ1n) is 4.86. The van der Waals surface area contributed by atoms with Crippen LogP contribution < -0.4 is 9.47 Å². The van der Waals surface area contributed by atoms with Crippen molar-refractivity contribution in [2.75, 3.05) is 14.2 Å². The van der Waals surface area contributed by atoms with E-state index >= 15 is 0 Å². The van der Waals surface area contributed by atoms with E-state index in [1.807, 2.05) is 0 Å². The van der Waals surface area contributed by atoms with Crippen LogP contribution in [0.1, 0.15) is 0 Å². The molecule has 0 aliphatic carbocycles. The lowest BCUT2D eigenvalue weighted by Crippen LogP contribution is -1.91. The number of pyridine rings is 1. The van der Waals surface area contributed by atoms with Crippen molar-refractivity contribution < 1.29 is 9.47 Å². The molecule has 1 aromatic heterocycles. The monoisotopic (exact) mass is 230 g/mol. The molecular formula is C11H10N4O2. The molecule has 17 heavy (non-hydrogen) atoms. The van der Waals surface area contributed by atoms with E-state index in [4.69, 9.17) is 15.0 Å². The van der Waals surface area contributed by atoms with Gasteiger partial charge >= 0.3 is 0 Å². The number of azide groups is 1. The Morgan fingerprint density at radius 1 is 1.18 bits per heavy atom. The molecule has 0 unspecified atom stereocenters. The minimum Gasteiger partial charge on any atom is -0.496 e. The average Bonchev–Trinajstić information content (AvgIpc) is 2.38. The standard InChI is InChI=1S/C11H10N4O2/c1-16-8-3-4-9(17-2)11-10(8)7(14-15-12)5-6-13-11/h3-6H,1-2H3. The Labute approximate surface area is 97.4 Å². The number of ether oxygens (including phenoxy) is 2. The van der Waals surface area contributed by atoms with Crippen molar-refractivity contribution in [3.8, 4) is 11.5 Å². The number of methoxy groups -OCH3 is 2. The summed E-state index contributed by atoms with van der Waals surface area (Å²) in [6.45, 7) is 0. The molecule has 2 rings (SSSR count). The lowest BCUT2D eigenvalue weighted by molar-refractivity contribution is 0.410. The van der Waals surface area contributed by atoms with E-state index < -0.39 is 0 Å². The van der Waals surface area contributed by atoms with E-state index in [9.17, 15) is 0 Å². The van der Waals surface area contributed by atoms with Gasteiger partial charge in [-0.1, -0.05) is 5.11 Å². The Morgan fingerprint density at radius 3 is 2.53 bits per heavy atom. The number of fused-ring (bicyclic) bond motifs is 1. The van der Waals surface area contributed by atoms with Gasteiger partial charge in [0.15, 0.2) is 0 Å². The minimum absolute atomic E-state index is 0.466. The molecule has 2 aromatic rings. The molecule has 1 aromatic carbocycles. The van der Waals surface area contributed by atoms with Crippen molar-refractivity contribution in [2.45, 2.75) is 0 Å². The van der Waals surface area contributed by atoms with Crippen LogP contribution in [-0.4, -0.2) is 19.2 Å². The number of aromatic nitrogens is 1. The molecule has 0 amide bonds. The van der Waals surface area contributed by atoms with E-state index in [0.717, 1.165) is 0 Å². The van der Waals surface area contributed by atoms with Crippen molar-refractivity contribution in [3.05, 3.63) is 34.8 Å². The molecule has 0 aliphatic heterocycles. The van der Waals surface area contributed by atoms with Gasteiger partial charge in [0, 0.05) is 11.1 Å². The first-order chi connectivity index (χ1) is 8.31. The molecular weight excluding hydrogens is 220 g/mol. The Hall–Kier alpha value is -2.46. The summed E-state index contributed by atoms with van der Waals surface area (Å²) in [5, 5.41) is 4.27. The van der Waals surface area contributed by atoms with E-state index in [1.54, 1.807) is 38.6 Å². The van der Waals surface area contributed by atoms with Crippen molar-refractivity contribution in [2.24, 2.45) is 5.11 Å². The van der Waals surface area contributed by atoms with Crippen LogP contribution >= 0.6 is 0 Å². The number of hydrogen-bond donors (Lipinski definition) is 0. The lowest BCUT2D eigenvalue weighted by atomic mass is 10.1. The highest BCUT2D eigenvalue weighted by atomic mass is 16.5. The zero-order valence-corrected chi connectivity index (χ0v) is 9.41. The molecule has 6 heteroatoms. The fourth-order valence-electron chi connectivity index (χ4n) is 1.66. The highest BCUT2D eigenvalue weighted by Crippen LogP contribution is 2.37. The molecule has 0 bridgehead atoms. The smallest absolute Gasteiger partial charge is 0.145 e. The van der Waals surface area contributed by atoms with Gasteiger partial charge in [-0.2, -0.15) is 0 Å². The van der Waals surface area contributed by atoms with Crippen LogP contribution in [0.3, 0.4) is 0 Å². The molecule has 0 N–H and O–H groups in total. The van der Waals surface area contributed by atoms with Gasteiger partial charge in [0.1, 0.15) is 17.0 Å². The fourth-order valence-corrected chi connectivity index (χ4v) is 1.66. The Balaban J connectivity index is 2.89. The van der Waals surface area contributed by atoms with Crippen LogP contribution in [0.2, 0.25) is 0 Å². The molecule has 6 nitrogen and oxygen atoms in total. The summed E-state index contributed by atoms with van der Waals surface area (Å²) in [6.07, 6.45) is 1.56. The summed E-state index contributed by atoms with van der Waals surface area (Å²) in [5.74, 6) is 1.20. The fraction of sp³-hybridized carbons (Fsp3) is 0.182. The molecule has 0 atom stereocenters. The second-order valence-electron chi connectivity index (χ2n) is 3.21. The molecule has 0 aliphatic rings. The van der Waals surface area contributed by atoms with Crippen LogP contribution in [0, 0.1) is 0 Å². The summed E-state index contributed by atoms with van der Waals surface area (Å²) in [7, 11) is 3.11. The van der Waals surface area contributed by atoms with E-state index in [1.165, 1.54) is 0 Å². The molecule has 86 valence electrons. The predicted octanol–water partition coefficient (Wildman–Crippen LogP) is 3.19. The first-order valence-corrected chi connectivity index (χ1v) is 4.86. The largest absolute Gasteiger partial charge is 0.496 e. The van der Waals surface area contributed by atoms with Gasteiger partial charge < -0.3 is 9.47 Å². The molecule has 0 fully saturated rings. The van der Waals surface area contributed by atoms with Crippen LogP contribution in [0.25, 0.3) is 21.3 Å². The van der Waals surface area contributed by atoms with Gasteiger partial charge in [-0.25, -0.2) is 0 Å². The van der Waals surface area contributed by atoms with Gasteiger partial charge in [0.05, 0.1) is 25.3 Å². The Bertz CT molecular complexity index is 606. The first kappa shape index (κ1) is 11.0. The van der Waals surface area contributed by atoms with Crippen molar-refractivity contribution in [1.82, 2.24) is 4.98 Å². The summed E-state index contributed by atoms with van der Waals surface area (Å²) in [5.41, 5.74) is 9.61. The summed E-state index contributed by atoms with van der Waals surface area (Å²) < 4.78 is 10.4. The summed E-state index contributed by atoms with van der Waals surface area (Å²) in [4.78, 5) is 7.00. The van der Waals surface area contributed by atoms with Crippen LogP contribution in [0.15, 0.2) is 29.5 Å². The van der Waals surface area contributed by atoms with Gasteiger partial charge in [-0.05, 0) is 23.7 Å². The number of nitrogens with zero attached hydrogens (tertiary/aromatic N) is 4. The van der Waals surface area contributed by atoms with Gasteiger partial charge in [0.2, 0.25) is 0 Å². The quantitative estimate of drug-likeness (QED) is 0.461. The van der Waals surface area contributed by atoms with Gasteiger partial charge in [-0.3, -0.25) is 4.98 Å². The second-order valence-corrected chi connectivity index (χ2v) is 3.21. The average molecular weight is 230 g/mol.